The molecule has 3 aliphatic carbocycles. The van der Waals surface area contributed by atoms with Crippen molar-refractivity contribution in [2.24, 2.45) is 0 Å². The van der Waals surface area contributed by atoms with Crippen molar-refractivity contribution in [1.82, 2.24) is 24.2 Å². The minimum Gasteiger partial charge on any atom is -0.346 e. The number of pyridine rings is 1. The maximum atomic E-state index is 14.1. The molecule has 0 radical (unpaired) electrons. The lowest BCUT2D eigenvalue weighted by molar-refractivity contribution is -0.127. The summed E-state index contributed by atoms with van der Waals surface area (Å²) in [4.78, 5) is 12.4. The summed E-state index contributed by atoms with van der Waals surface area (Å²) in [6.07, 6.45) is 5.49. The number of fused-ring (bicyclic) bond motifs is 3. The molecule has 0 atom stereocenters. The summed E-state index contributed by atoms with van der Waals surface area (Å²) in [5.41, 5.74) is 2.16. The topological polar surface area (TPSA) is 127 Å². The summed E-state index contributed by atoms with van der Waals surface area (Å²) in [6, 6.07) is 7.30. The first-order valence-electron chi connectivity index (χ1n) is 11.7. The average molecular weight is 514 g/mol. The molecule has 4 aromatic rings. The lowest BCUT2D eigenvalue weighted by Crippen LogP contribution is -2.78. The standard InChI is InChI=1S/C24H27N5O4S2/c1-4-10-34(30,31)28-23-12-24(13-23,14-23)29-19-17-8-9-25-21(17)26-11-18(19)27-22(29)35(32,33)20-15(2)6-5-7-16(20)3/h5-9,11,28H,4,10,12-14H2,1-3H3,(H,25,26). The first-order valence-corrected chi connectivity index (χ1v) is 14.8. The van der Waals surface area contributed by atoms with E-state index < -0.39 is 30.9 Å². The van der Waals surface area contributed by atoms with E-state index in [-0.39, 0.29) is 15.8 Å². The smallest absolute Gasteiger partial charge is 0.240 e. The number of aromatic amines is 1. The Kier molecular flexibility index (Phi) is 4.63. The third-order valence-electron chi connectivity index (χ3n) is 7.41. The van der Waals surface area contributed by atoms with Gasteiger partial charge in [-0.05, 0) is 56.7 Å². The molecule has 3 aliphatic rings. The number of nitrogens with one attached hydrogen (secondary N) is 2. The van der Waals surface area contributed by atoms with Crippen LogP contribution in [0.15, 0.2) is 46.7 Å². The van der Waals surface area contributed by atoms with E-state index in [0.29, 0.717) is 53.5 Å². The molecule has 3 saturated carbocycles. The van der Waals surface area contributed by atoms with Gasteiger partial charge in [0.25, 0.3) is 0 Å². The molecule has 35 heavy (non-hydrogen) atoms. The van der Waals surface area contributed by atoms with Crippen LogP contribution in [0.1, 0.15) is 43.7 Å². The van der Waals surface area contributed by atoms with Crippen molar-refractivity contribution in [1.29, 1.82) is 0 Å². The number of sulfonamides is 1. The molecule has 3 heterocycles. The van der Waals surface area contributed by atoms with Crippen LogP contribution in [0.3, 0.4) is 0 Å². The van der Waals surface area contributed by atoms with Crippen molar-refractivity contribution in [3.8, 4) is 0 Å². The normalized spacial score (nSPS) is 24.0. The van der Waals surface area contributed by atoms with E-state index in [1.54, 1.807) is 38.4 Å². The van der Waals surface area contributed by atoms with Gasteiger partial charge in [0, 0.05) is 17.1 Å². The van der Waals surface area contributed by atoms with E-state index in [4.69, 9.17) is 0 Å². The van der Waals surface area contributed by atoms with Gasteiger partial charge < -0.3 is 9.55 Å². The van der Waals surface area contributed by atoms with Crippen LogP contribution in [0.2, 0.25) is 0 Å². The summed E-state index contributed by atoms with van der Waals surface area (Å²) in [5.74, 6) is 0.0809. The van der Waals surface area contributed by atoms with Crippen molar-refractivity contribution in [3.63, 3.8) is 0 Å². The van der Waals surface area contributed by atoms with Gasteiger partial charge in [-0.1, -0.05) is 25.1 Å². The highest BCUT2D eigenvalue weighted by Gasteiger charge is 2.71. The number of aromatic nitrogens is 4. The SMILES string of the molecule is CCCS(=O)(=O)NC12CC(n3c(S(=O)(=O)c4c(C)cccc4C)nc4cnc5[nH]ccc5c43)(C1)C2. The van der Waals surface area contributed by atoms with Crippen LogP contribution in [0, 0.1) is 13.8 Å². The highest BCUT2D eigenvalue weighted by Crippen LogP contribution is 2.67. The highest BCUT2D eigenvalue weighted by molar-refractivity contribution is 7.91. The highest BCUT2D eigenvalue weighted by atomic mass is 32.2. The van der Waals surface area contributed by atoms with Gasteiger partial charge in [0.1, 0.15) is 11.2 Å². The van der Waals surface area contributed by atoms with Crippen LogP contribution in [-0.2, 0) is 25.4 Å². The molecule has 3 aromatic heterocycles. The number of hydrogen-bond acceptors (Lipinski definition) is 6. The van der Waals surface area contributed by atoms with Crippen LogP contribution < -0.4 is 4.72 Å². The van der Waals surface area contributed by atoms with E-state index in [0.717, 1.165) is 5.39 Å². The van der Waals surface area contributed by atoms with Gasteiger partial charge in [0.2, 0.25) is 25.0 Å². The fourth-order valence-electron chi connectivity index (χ4n) is 6.21. The summed E-state index contributed by atoms with van der Waals surface area (Å²) in [6.45, 7) is 5.41. The third-order valence-corrected chi connectivity index (χ3v) is 11.0. The average Bonchev–Trinajstić information content (AvgIpc) is 3.34. The molecule has 0 saturated heterocycles. The molecular formula is C24H27N5O4S2. The molecular weight excluding hydrogens is 486 g/mol. The Bertz CT molecular complexity index is 1690. The summed E-state index contributed by atoms with van der Waals surface area (Å²) in [5, 5.41) is 0.786. The fraction of sp³-hybridized carbons (Fsp3) is 0.417. The number of benzene rings is 1. The molecule has 11 heteroatoms. The lowest BCUT2D eigenvalue weighted by atomic mass is 9.44. The summed E-state index contributed by atoms with van der Waals surface area (Å²) >= 11 is 0. The Morgan fingerprint density at radius 2 is 1.77 bits per heavy atom. The number of hydrogen-bond donors (Lipinski definition) is 2. The Morgan fingerprint density at radius 3 is 2.43 bits per heavy atom. The summed E-state index contributed by atoms with van der Waals surface area (Å²) in [7, 11) is -7.34. The van der Waals surface area contributed by atoms with Crippen LogP contribution >= 0.6 is 0 Å². The quantitative estimate of drug-likeness (QED) is 0.390. The van der Waals surface area contributed by atoms with Crippen LogP contribution in [0.4, 0.5) is 0 Å². The van der Waals surface area contributed by atoms with E-state index in [9.17, 15) is 16.8 Å². The third kappa shape index (κ3) is 3.14. The second-order valence-corrected chi connectivity index (χ2v) is 13.8. The molecule has 9 nitrogen and oxygen atoms in total. The Morgan fingerprint density at radius 1 is 1.09 bits per heavy atom. The first kappa shape index (κ1) is 22.7. The number of H-pyrrole nitrogens is 1. The number of nitrogens with zero attached hydrogens (tertiary/aromatic N) is 3. The predicted octanol–water partition coefficient (Wildman–Crippen LogP) is 3.32. The van der Waals surface area contributed by atoms with Gasteiger partial charge in [0.15, 0.2) is 0 Å². The van der Waals surface area contributed by atoms with Gasteiger partial charge in [-0.2, -0.15) is 0 Å². The molecule has 2 bridgehead atoms. The van der Waals surface area contributed by atoms with E-state index in [1.807, 2.05) is 23.6 Å². The molecule has 0 amide bonds. The summed E-state index contributed by atoms with van der Waals surface area (Å²) < 4.78 is 57.9. The maximum Gasteiger partial charge on any atom is 0.240 e. The number of sulfone groups is 1. The minimum atomic E-state index is -3.97. The Labute approximate surface area is 203 Å². The fourth-order valence-corrected chi connectivity index (χ4v) is 9.64. The Hall–Kier alpha value is -2.76. The minimum absolute atomic E-state index is 0.00915. The van der Waals surface area contributed by atoms with Crippen molar-refractivity contribution in [3.05, 3.63) is 47.8 Å². The van der Waals surface area contributed by atoms with Crippen LogP contribution in [0.5, 0.6) is 0 Å². The van der Waals surface area contributed by atoms with Gasteiger partial charge in [-0.25, -0.2) is 31.5 Å². The van der Waals surface area contributed by atoms with Crippen molar-refractivity contribution in [2.45, 2.75) is 67.6 Å². The molecule has 3 fully saturated rings. The van der Waals surface area contributed by atoms with Crippen molar-refractivity contribution < 1.29 is 16.8 Å². The molecule has 1 aromatic carbocycles. The lowest BCUT2D eigenvalue weighted by Gasteiger charge is -2.70. The van der Waals surface area contributed by atoms with Gasteiger partial charge in [-0.15, -0.1) is 0 Å². The van der Waals surface area contributed by atoms with Gasteiger partial charge in [0.05, 0.1) is 27.9 Å². The maximum absolute atomic E-state index is 14.1. The number of imidazole rings is 1. The van der Waals surface area contributed by atoms with Gasteiger partial charge in [-0.3, -0.25) is 0 Å². The second-order valence-electron chi connectivity index (χ2n) is 10.1. The van der Waals surface area contributed by atoms with Crippen molar-refractivity contribution >= 4 is 41.9 Å². The zero-order chi connectivity index (χ0) is 24.8. The zero-order valence-electron chi connectivity index (χ0n) is 19.8. The molecule has 2 N–H and O–H groups in total. The van der Waals surface area contributed by atoms with Crippen molar-refractivity contribution in [2.75, 3.05) is 5.75 Å². The van der Waals surface area contributed by atoms with E-state index in [2.05, 4.69) is 19.7 Å². The molecule has 184 valence electrons. The number of rotatable bonds is 7. The molecule has 0 spiro atoms. The molecule has 0 unspecified atom stereocenters. The first-order chi connectivity index (χ1) is 16.5. The number of aryl methyl sites for hydroxylation is 2. The van der Waals surface area contributed by atoms with Crippen LogP contribution in [-0.4, -0.2) is 47.6 Å². The zero-order valence-corrected chi connectivity index (χ0v) is 21.4. The van der Waals surface area contributed by atoms with Crippen LogP contribution in [0.25, 0.3) is 22.1 Å². The molecule has 7 rings (SSSR count). The van der Waals surface area contributed by atoms with Gasteiger partial charge >= 0.3 is 0 Å². The Balaban J connectivity index is 1.54. The van der Waals surface area contributed by atoms with E-state index >= 15 is 0 Å². The molecule has 0 aliphatic heterocycles. The second kappa shape index (κ2) is 7.14. The largest absolute Gasteiger partial charge is 0.346 e. The monoisotopic (exact) mass is 513 g/mol. The predicted molar refractivity (Wildman–Crippen MR) is 133 cm³/mol. The van der Waals surface area contributed by atoms with E-state index in [1.165, 1.54) is 0 Å².